The van der Waals surface area contributed by atoms with Gasteiger partial charge < -0.3 is 11.3 Å². The minimum atomic E-state index is 0. The van der Waals surface area contributed by atoms with Crippen LogP contribution in [0.5, 0.6) is 0 Å². The Bertz CT molecular complexity index is 2250. The maximum Gasteiger partial charge on any atom is 0.169 e. The normalized spacial score (nSPS) is 10.3. The van der Waals surface area contributed by atoms with E-state index >= 15 is 0 Å². The van der Waals surface area contributed by atoms with Crippen LogP contribution in [0.4, 0.5) is 5.82 Å². The lowest BCUT2D eigenvalue weighted by molar-refractivity contribution is 0.824. The minimum Gasteiger partial charge on any atom is -0.870 e. The summed E-state index contributed by atoms with van der Waals surface area (Å²) >= 11 is 40.6. The van der Waals surface area contributed by atoms with Crippen molar-refractivity contribution in [1.29, 1.82) is 0 Å². The Hall–Kier alpha value is -4.49. The van der Waals surface area contributed by atoms with Crippen LogP contribution in [0.3, 0.4) is 0 Å². The van der Waals surface area contributed by atoms with Gasteiger partial charge in [-0.2, -0.15) is 10.2 Å². The first kappa shape index (κ1) is 42.9. The second-order valence-corrected chi connectivity index (χ2v) is 12.8. The van der Waals surface area contributed by atoms with Crippen LogP contribution in [0, 0.1) is 0 Å². The summed E-state index contributed by atoms with van der Waals surface area (Å²) in [6.45, 7) is 0. The molecule has 0 radical (unpaired) electrons. The fourth-order valence-corrected chi connectivity index (χ4v) is 5.24. The molecule has 4 heterocycles. The van der Waals surface area contributed by atoms with Crippen LogP contribution >= 0.6 is 81.2 Å². The standard InChI is InChI=1S/C12H7Cl2N3.C12H9Cl2N3.C7H7ClN2.C5H3Cl2N.H2O/c13-8-5-6-17-11(7-8)15-16-12(17)9-3-1-2-4-10(9)14;13-10-5-6-15-12(7-10)17-16-8-9-3-1-2-4-11(9)14;8-7-4-2-1-3-6(7)5-10-9;6-4-1-2-8-5(7)3-4;/h1-7H;1-8H,(H,15,17);1-5H,9H2;1-3H;1H2/p-1/b;16-8+;10-5+;;. The Morgan fingerprint density at radius 3 is 1.74 bits per heavy atom. The molecule has 0 saturated heterocycles. The van der Waals surface area contributed by atoms with Gasteiger partial charge in [0.25, 0.3) is 0 Å². The SMILES string of the molecule is Clc1ccn2c(-c3ccccc3Cl)nnc2c1.Clc1ccnc(Cl)c1.Clc1ccnc(N/N=C/c2ccccc2Cl)c1.N/N=C/c1ccccc1Cl.[OH-]. The molecule has 0 aliphatic heterocycles. The fraction of sp³-hybridized carbons (Fsp3) is 0. The van der Waals surface area contributed by atoms with Crippen molar-refractivity contribution in [3.63, 3.8) is 0 Å². The molecule has 0 aliphatic carbocycles. The van der Waals surface area contributed by atoms with Crippen molar-refractivity contribution in [1.82, 2.24) is 24.6 Å². The highest BCUT2D eigenvalue weighted by atomic mass is 35.5. The number of nitrogens with one attached hydrogen (secondary N) is 1. The van der Waals surface area contributed by atoms with Crippen molar-refractivity contribution < 1.29 is 5.48 Å². The molecule has 0 atom stereocenters. The molecule has 0 bridgehead atoms. The number of hydrazone groups is 2. The van der Waals surface area contributed by atoms with Crippen LogP contribution in [-0.2, 0) is 0 Å². The van der Waals surface area contributed by atoms with E-state index in [2.05, 4.69) is 35.8 Å². The molecule has 17 heteroatoms. The molecule has 0 aliphatic rings. The van der Waals surface area contributed by atoms with Crippen LogP contribution in [0.2, 0.25) is 35.3 Å². The Balaban J connectivity index is 0.000000198. The van der Waals surface area contributed by atoms with Gasteiger partial charge in [0, 0.05) is 72.5 Å². The van der Waals surface area contributed by atoms with E-state index in [4.69, 9.17) is 87.0 Å². The van der Waals surface area contributed by atoms with Gasteiger partial charge in [-0.25, -0.2) is 9.97 Å². The number of halogens is 7. The quantitative estimate of drug-likeness (QED) is 0.0758. The first-order valence-electron chi connectivity index (χ1n) is 14.8. The lowest BCUT2D eigenvalue weighted by Gasteiger charge is -2.02. The number of hydrogen-bond donors (Lipinski definition) is 2. The second-order valence-electron chi connectivity index (χ2n) is 9.92. The molecular weight excluding hydrogens is 823 g/mol. The second kappa shape index (κ2) is 22.5. The zero-order chi connectivity index (χ0) is 37.3. The van der Waals surface area contributed by atoms with E-state index in [0.717, 1.165) is 16.7 Å². The third kappa shape index (κ3) is 14.1. The Morgan fingerprint density at radius 2 is 1.17 bits per heavy atom. The molecule has 7 aromatic rings. The van der Waals surface area contributed by atoms with Crippen molar-refractivity contribution in [2.45, 2.75) is 0 Å². The first-order valence-corrected chi connectivity index (χ1v) is 17.4. The molecule has 3 aromatic carbocycles. The highest BCUT2D eigenvalue weighted by Gasteiger charge is 2.10. The fourth-order valence-electron chi connectivity index (χ4n) is 3.94. The summed E-state index contributed by atoms with van der Waals surface area (Å²) in [7, 11) is 0. The van der Waals surface area contributed by atoms with E-state index in [1.54, 1.807) is 67.1 Å². The molecule has 0 fully saturated rings. The number of benzene rings is 3. The maximum absolute atomic E-state index is 6.14. The summed E-state index contributed by atoms with van der Waals surface area (Å²) in [5.41, 5.74) is 6.00. The predicted molar refractivity (Wildman–Crippen MR) is 220 cm³/mol. The lowest BCUT2D eigenvalue weighted by Crippen LogP contribution is -1.93. The minimum absolute atomic E-state index is 0. The average molecular weight is 850 g/mol. The predicted octanol–water partition coefficient (Wildman–Crippen LogP) is 11.4. The van der Waals surface area contributed by atoms with Gasteiger partial charge >= 0.3 is 0 Å². The third-order valence-electron chi connectivity index (χ3n) is 6.30. The van der Waals surface area contributed by atoms with Gasteiger partial charge in [-0.05, 0) is 48.5 Å². The van der Waals surface area contributed by atoms with Crippen molar-refractivity contribution >= 4 is 105 Å². The van der Waals surface area contributed by atoms with Crippen LogP contribution in [0.1, 0.15) is 11.1 Å². The number of nitrogens with two attached hydrogens (primary N) is 1. The summed E-state index contributed by atoms with van der Waals surface area (Å²) in [6, 6.07) is 32.5. The molecule has 4 aromatic heterocycles. The molecule has 10 nitrogen and oxygen atoms in total. The van der Waals surface area contributed by atoms with Crippen LogP contribution in [-0.4, -0.2) is 42.5 Å². The van der Waals surface area contributed by atoms with Crippen molar-refractivity contribution in [2.24, 2.45) is 16.0 Å². The molecule has 7 rings (SSSR count). The number of fused-ring (bicyclic) bond motifs is 1. The highest BCUT2D eigenvalue weighted by Crippen LogP contribution is 2.27. The molecule has 53 heavy (non-hydrogen) atoms. The molecular formula is C36H27Cl7N9O-. The van der Waals surface area contributed by atoms with Crippen molar-refractivity contribution in [3.05, 3.63) is 174 Å². The Kier molecular flexibility index (Phi) is 18.3. The number of rotatable bonds is 5. The zero-order valence-corrected chi connectivity index (χ0v) is 32.4. The zero-order valence-electron chi connectivity index (χ0n) is 27.1. The topological polar surface area (TPSA) is 149 Å². The van der Waals surface area contributed by atoms with Crippen molar-refractivity contribution in [2.75, 3.05) is 5.43 Å². The Morgan fingerprint density at radius 1 is 0.604 bits per heavy atom. The number of aromatic nitrogens is 5. The molecule has 0 saturated carbocycles. The monoisotopic (exact) mass is 846 g/mol. The van der Waals surface area contributed by atoms with E-state index in [-0.39, 0.29) is 5.48 Å². The van der Waals surface area contributed by atoms with Gasteiger partial charge in [0.05, 0.1) is 17.5 Å². The maximum atomic E-state index is 6.14. The van der Waals surface area contributed by atoms with E-state index in [1.807, 2.05) is 71.3 Å². The molecule has 0 amide bonds. The molecule has 4 N–H and O–H groups in total. The summed E-state index contributed by atoms with van der Waals surface area (Å²) in [5.74, 6) is 6.23. The average Bonchev–Trinajstić information content (AvgIpc) is 3.54. The highest BCUT2D eigenvalue weighted by molar-refractivity contribution is 6.34. The van der Waals surface area contributed by atoms with Gasteiger partial charge in [0.1, 0.15) is 11.0 Å². The van der Waals surface area contributed by atoms with Gasteiger partial charge in [-0.3, -0.25) is 9.83 Å². The van der Waals surface area contributed by atoms with Crippen LogP contribution in [0.25, 0.3) is 17.0 Å². The van der Waals surface area contributed by atoms with Crippen molar-refractivity contribution in [3.8, 4) is 11.4 Å². The number of nitrogens with zero attached hydrogens (tertiary/aromatic N) is 7. The van der Waals surface area contributed by atoms with E-state index in [9.17, 15) is 0 Å². The molecule has 0 spiro atoms. The number of anilines is 1. The summed E-state index contributed by atoms with van der Waals surface area (Å²) < 4.78 is 1.85. The number of hydrogen-bond acceptors (Lipinski definition) is 9. The van der Waals surface area contributed by atoms with Gasteiger partial charge in [0.15, 0.2) is 11.5 Å². The first-order chi connectivity index (χ1) is 25.1. The van der Waals surface area contributed by atoms with E-state index in [1.165, 1.54) is 6.21 Å². The number of pyridine rings is 3. The van der Waals surface area contributed by atoms with Gasteiger partial charge in [0.2, 0.25) is 0 Å². The summed E-state index contributed by atoms with van der Waals surface area (Å²) in [4.78, 5) is 7.77. The molecule has 0 unspecified atom stereocenters. The molecule has 272 valence electrons. The smallest absolute Gasteiger partial charge is 0.169 e. The summed E-state index contributed by atoms with van der Waals surface area (Å²) in [5, 5.41) is 19.8. The van der Waals surface area contributed by atoms with Crippen LogP contribution in [0.15, 0.2) is 138 Å². The van der Waals surface area contributed by atoms with Crippen LogP contribution < -0.4 is 11.3 Å². The Labute approximate surface area is 340 Å². The largest absolute Gasteiger partial charge is 0.870 e. The van der Waals surface area contributed by atoms with Gasteiger partial charge in [-0.1, -0.05) is 130 Å². The van der Waals surface area contributed by atoms with E-state index < -0.39 is 0 Å². The third-order valence-corrected chi connectivity index (χ3v) is 8.23. The lowest BCUT2D eigenvalue weighted by atomic mass is 10.2. The van der Waals surface area contributed by atoms with Gasteiger partial charge in [-0.15, -0.1) is 10.2 Å². The summed E-state index contributed by atoms with van der Waals surface area (Å²) in [6.07, 6.45) is 8.14. The van der Waals surface area contributed by atoms with E-state index in [0.29, 0.717) is 52.6 Å².